The normalized spacial score (nSPS) is 14.9. The minimum absolute atomic E-state index is 0.349. The lowest BCUT2D eigenvalue weighted by Crippen LogP contribution is -2.11. The van der Waals surface area contributed by atoms with E-state index in [1.165, 1.54) is 19.3 Å². The molecule has 2 rings (SSSR count). The Morgan fingerprint density at radius 1 is 1.22 bits per heavy atom. The number of rotatable bonds is 6. The molecule has 0 bridgehead atoms. The molecule has 0 spiro atoms. The van der Waals surface area contributed by atoms with Gasteiger partial charge in [-0.2, -0.15) is 0 Å². The highest BCUT2D eigenvalue weighted by Gasteiger charge is 2.20. The van der Waals surface area contributed by atoms with E-state index < -0.39 is 0 Å². The molecule has 0 atom stereocenters. The van der Waals surface area contributed by atoms with E-state index in [1.54, 1.807) is 0 Å². The van der Waals surface area contributed by atoms with Gasteiger partial charge in [0.05, 0.1) is 0 Å². The number of nitrogens with one attached hydrogen (secondary N) is 2. The Morgan fingerprint density at radius 2 is 1.89 bits per heavy atom. The van der Waals surface area contributed by atoms with Crippen molar-refractivity contribution >= 4 is 11.6 Å². The van der Waals surface area contributed by atoms with E-state index in [0.717, 1.165) is 35.5 Å². The largest absolute Gasteiger partial charge is 0.373 e. The van der Waals surface area contributed by atoms with Crippen LogP contribution in [0.5, 0.6) is 0 Å². The third-order valence-electron chi connectivity index (χ3n) is 3.46. The number of hydrogen-bond donors (Lipinski definition) is 2. The summed E-state index contributed by atoms with van der Waals surface area (Å²) in [7, 11) is 1.91. The maximum Gasteiger partial charge on any atom is 0.135 e. The smallest absolute Gasteiger partial charge is 0.135 e. The SMILES string of the molecule is CNc1nc(C(C)C)nc(NCCC2CC2)c1C. The molecule has 1 fully saturated rings. The summed E-state index contributed by atoms with van der Waals surface area (Å²) in [5.41, 5.74) is 1.11. The van der Waals surface area contributed by atoms with Crippen molar-refractivity contribution in [3.63, 3.8) is 0 Å². The molecular weight excluding hydrogens is 224 g/mol. The summed E-state index contributed by atoms with van der Waals surface area (Å²) in [6.45, 7) is 7.33. The van der Waals surface area contributed by atoms with Gasteiger partial charge in [0.25, 0.3) is 0 Å². The minimum atomic E-state index is 0.349. The van der Waals surface area contributed by atoms with Gasteiger partial charge in [-0.25, -0.2) is 9.97 Å². The Bertz CT molecular complexity index is 411. The molecule has 1 heterocycles. The quantitative estimate of drug-likeness (QED) is 0.812. The maximum absolute atomic E-state index is 4.64. The summed E-state index contributed by atoms with van der Waals surface area (Å²) in [5.74, 6) is 4.12. The molecule has 18 heavy (non-hydrogen) atoms. The first kappa shape index (κ1) is 13.1. The Morgan fingerprint density at radius 3 is 2.44 bits per heavy atom. The van der Waals surface area contributed by atoms with Crippen molar-refractivity contribution in [2.24, 2.45) is 5.92 Å². The molecule has 0 amide bonds. The van der Waals surface area contributed by atoms with E-state index in [4.69, 9.17) is 0 Å². The number of nitrogens with zero attached hydrogens (tertiary/aromatic N) is 2. The fourth-order valence-electron chi connectivity index (χ4n) is 2.01. The monoisotopic (exact) mass is 248 g/mol. The van der Waals surface area contributed by atoms with Gasteiger partial charge in [-0.05, 0) is 19.3 Å². The molecule has 100 valence electrons. The molecule has 0 radical (unpaired) electrons. The van der Waals surface area contributed by atoms with Crippen molar-refractivity contribution in [3.8, 4) is 0 Å². The standard InChI is InChI=1S/C14H24N4/c1-9(2)12-17-13(15-4)10(3)14(18-12)16-8-7-11-5-6-11/h9,11H,5-8H2,1-4H3,(H2,15,16,17,18). The highest BCUT2D eigenvalue weighted by atomic mass is 15.1. The van der Waals surface area contributed by atoms with Crippen molar-refractivity contribution in [2.45, 2.75) is 46.0 Å². The Balaban J connectivity index is 2.11. The van der Waals surface area contributed by atoms with Crippen LogP contribution in [0.15, 0.2) is 0 Å². The zero-order valence-corrected chi connectivity index (χ0v) is 11.9. The van der Waals surface area contributed by atoms with Gasteiger partial charge in [-0.1, -0.05) is 26.7 Å². The molecule has 4 nitrogen and oxygen atoms in total. The lowest BCUT2D eigenvalue weighted by Gasteiger charge is -2.15. The van der Waals surface area contributed by atoms with Crippen LogP contribution in [-0.4, -0.2) is 23.6 Å². The fraction of sp³-hybridized carbons (Fsp3) is 0.714. The summed E-state index contributed by atoms with van der Waals surface area (Å²) < 4.78 is 0. The first-order valence-electron chi connectivity index (χ1n) is 6.92. The van der Waals surface area contributed by atoms with E-state index in [2.05, 4.69) is 41.4 Å². The molecule has 2 N–H and O–H groups in total. The summed E-state index contributed by atoms with van der Waals surface area (Å²) in [4.78, 5) is 9.18. The molecule has 0 aromatic carbocycles. The molecular formula is C14H24N4. The summed E-state index contributed by atoms with van der Waals surface area (Å²) in [6.07, 6.45) is 4.07. The summed E-state index contributed by atoms with van der Waals surface area (Å²) >= 11 is 0. The van der Waals surface area contributed by atoms with Gasteiger partial charge in [-0.15, -0.1) is 0 Å². The van der Waals surface area contributed by atoms with Crippen molar-refractivity contribution in [3.05, 3.63) is 11.4 Å². The Hall–Kier alpha value is -1.32. The maximum atomic E-state index is 4.64. The predicted molar refractivity (Wildman–Crippen MR) is 76.2 cm³/mol. The van der Waals surface area contributed by atoms with Crippen molar-refractivity contribution in [2.75, 3.05) is 24.2 Å². The first-order chi connectivity index (χ1) is 8.61. The highest BCUT2D eigenvalue weighted by Crippen LogP contribution is 2.32. The van der Waals surface area contributed by atoms with Gasteiger partial charge in [-0.3, -0.25) is 0 Å². The van der Waals surface area contributed by atoms with E-state index in [0.29, 0.717) is 5.92 Å². The molecule has 1 aliphatic rings. The number of aromatic nitrogens is 2. The van der Waals surface area contributed by atoms with E-state index in [-0.39, 0.29) is 0 Å². The highest BCUT2D eigenvalue weighted by molar-refractivity contribution is 5.57. The van der Waals surface area contributed by atoms with Crippen LogP contribution < -0.4 is 10.6 Å². The predicted octanol–water partition coefficient (Wildman–Crippen LogP) is 3.16. The summed E-state index contributed by atoms with van der Waals surface area (Å²) in [6, 6.07) is 0. The number of hydrogen-bond acceptors (Lipinski definition) is 4. The second-order valence-corrected chi connectivity index (χ2v) is 5.47. The van der Waals surface area contributed by atoms with E-state index >= 15 is 0 Å². The average Bonchev–Trinajstić information content (AvgIpc) is 3.15. The molecule has 1 saturated carbocycles. The van der Waals surface area contributed by atoms with Crippen LogP contribution in [-0.2, 0) is 0 Å². The van der Waals surface area contributed by atoms with Gasteiger partial charge in [0.15, 0.2) is 0 Å². The van der Waals surface area contributed by atoms with Gasteiger partial charge < -0.3 is 10.6 Å². The van der Waals surface area contributed by atoms with Gasteiger partial charge in [0.1, 0.15) is 17.5 Å². The molecule has 0 aliphatic heterocycles. The summed E-state index contributed by atoms with van der Waals surface area (Å²) in [5, 5.41) is 6.61. The molecule has 4 heteroatoms. The molecule has 1 aromatic heterocycles. The van der Waals surface area contributed by atoms with Gasteiger partial charge >= 0.3 is 0 Å². The van der Waals surface area contributed by atoms with Crippen LogP contribution >= 0.6 is 0 Å². The van der Waals surface area contributed by atoms with E-state index in [9.17, 15) is 0 Å². The van der Waals surface area contributed by atoms with Crippen molar-refractivity contribution in [1.29, 1.82) is 0 Å². The fourth-order valence-corrected chi connectivity index (χ4v) is 2.01. The average molecular weight is 248 g/mol. The van der Waals surface area contributed by atoms with Crippen LogP contribution in [0.2, 0.25) is 0 Å². The molecule has 0 unspecified atom stereocenters. The Labute approximate surface area is 110 Å². The third-order valence-corrected chi connectivity index (χ3v) is 3.46. The van der Waals surface area contributed by atoms with Crippen LogP contribution in [0.3, 0.4) is 0 Å². The van der Waals surface area contributed by atoms with Crippen LogP contribution in [0, 0.1) is 12.8 Å². The minimum Gasteiger partial charge on any atom is -0.373 e. The van der Waals surface area contributed by atoms with Crippen LogP contribution in [0.4, 0.5) is 11.6 Å². The number of anilines is 2. The van der Waals surface area contributed by atoms with Crippen molar-refractivity contribution in [1.82, 2.24) is 9.97 Å². The van der Waals surface area contributed by atoms with E-state index in [1.807, 2.05) is 7.05 Å². The molecule has 0 saturated heterocycles. The van der Waals surface area contributed by atoms with Crippen LogP contribution in [0.1, 0.15) is 50.4 Å². The van der Waals surface area contributed by atoms with Crippen LogP contribution in [0.25, 0.3) is 0 Å². The third kappa shape index (κ3) is 3.12. The second-order valence-electron chi connectivity index (χ2n) is 5.47. The lowest BCUT2D eigenvalue weighted by atomic mass is 10.2. The topological polar surface area (TPSA) is 49.8 Å². The van der Waals surface area contributed by atoms with Gasteiger partial charge in [0, 0.05) is 25.1 Å². The Kier molecular flexibility index (Phi) is 4.04. The lowest BCUT2D eigenvalue weighted by molar-refractivity contribution is 0.747. The zero-order valence-electron chi connectivity index (χ0n) is 11.9. The van der Waals surface area contributed by atoms with Gasteiger partial charge in [0.2, 0.25) is 0 Å². The second kappa shape index (κ2) is 5.55. The first-order valence-corrected chi connectivity index (χ1v) is 6.92. The van der Waals surface area contributed by atoms with Crippen molar-refractivity contribution < 1.29 is 0 Å². The molecule has 1 aliphatic carbocycles. The zero-order chi connectivity index (χ0) is 13.1. The molecule has 1 aromatic rings.